The van der Waals surface area contributed by atoms with Crippen molar-refractivity contribution in [2.75, 3.05) is 0 Å². The standard InChI is InChI=1S/C14H17BrFNOS/c1-14(2,3)19(18)17-13-7-6-11(13)10-5-4-9(15)8-12(10)16/h4-5,8,11H,6-7H2,1-3H3. The van der Waals surface area contributed by atoms with E-state index in [-0.39, 0.29) is 16.5 Å². The number of nitrogens with zero attached hydrogens (tertiary/aromatic N) is 1. The van der Waals surface area contributed by atoms with E-state index >= 15 is 0 Å². The summed E-state index contributed by atoms with van der Waals surface area (Å²) in [5.41, 5.74) is 1.51. The second-order valence-electron chi connectivity index (χ2n) is 5.70. The van der Waals surface area contributed by atoms with Gasteiger partial charge in [0, 0.05) is 10.4 Å². The van der Waals surface area contributed by atoms with E-state index in [0.717, 1.165) is 23.0 Å². The first-order chi connectivity index (χ1) is 8.79. The Labute approximate surface area is 125 Å². The van der Waals surface area contributed by atoms with Gasteiger partial charge in [-0.25, -0.2) is 4.39 Å². The summed E-state index contributed by atoms with van der Waals surface area (Å²) in [4.78, 5) is 0. The van der Waals surface area contributed by atoms with Crippen LogP contribution in [0.5, 0.6) is 0 Å². The molecule has 2 nitrogen and oxygen atoms in total. The van der Waals surface area contributed by atoms with Gasteiger partial charge in [0.1, 0.15) is 21.9 Å². The lowest BCUT2D eigenvalue weighted by Crippen LogP contribution is -2.31. The zero-order valence-electron chi connectivity index (χ0n) is 11.2. The summed E-state index contributed by atoms with van der Waals surface area (Å²) in [6.45, 7) is 5.67. The summed E-state index contributed by atoms with van der Waals surface area (Å²) in [7, 11) is 0. The molecule has 0 spiro atoms. The van der Waals surface area contributed by atoms with Crippen LogP contribution in [-0.4, -0.2) is 15.0 Å². The number of benzene rings is 1. The van der Waals surface area contributed by atoms with Gasteiger partial charge in [-0.1, -0.05) is 26.4 Å². The minimum absolute atomic E-state index is 0.0144. The van der Waals surface area contributed by atoms with Crippen molar-refractivity contribution in [1.29, 1.82) is 0 Å². The highest BCUT2D eigenvalue weighted by atomic mass is 79.9. The van der Waals surface area contributed by atoms with Crippen molar-refractivity contribution in [3.63, 3.8) is 0 Å². The van der Waals surface area contributed by atoms with Gasteiger partial charge in [-0.15, -0.1) is 0 Å². The van der Waals surface area contributed by atoms with E-state index in [1.807, 2.05) is 26.8 Å². The molecule has 0 aromatic heterocycles. The van der Waals surface area contributed by atoms with Gasteiger partial charge in [-0.3, -0.25) is 0 Å². The molecular weight excluding hydrogens is 329 g/mol. The summed E-state index contributed by atoms with van der Waals surface area (Å²) in [6.07, 6.45) is 1.68. The summed E-state index contributed by atoms with van der Waals surface area (Å²) in [5.74, 6) is -0.243. The lowest BCUT2D eigenvalue weighted by molar-refractivity contribution is 0.557. The molecule has 0 aliphatic heterocycles. The molecule has 19 heavy (non-hydrogen) atoms. The maximum Gasteiger partial charge on any atom is 0.144 e. The Hall–Kier alpha value is -0.390. The summed E-state index contributed by atoms with van der Waals surface area (Å²) >= 11 is 1.98. The molecule has 2 atom stereocenters. The van der Waals surface area contributed by atoms with Crippen LogP contribution in [0.2, 0.25) is 0 Å². The van der Waals surface area contributed by atoms with Gasteiger partial charge < -0.3 is 4.55 Å². The molecule has 1 fully saturated rings. The third kappa shape index (κ3) is 3.38. The van der Waals surface area contributed by atoms with Crippen LogP contribution in [0, 0.1) is 5.82 Å². The number of hydrogen-bond donors (Lipinski definition) is 0. The van der Waals surface area contributed by atoms with Crippen molar-refractivity contribution in [3.8, 4) is 0 Å². The monoisotopic (exact) mass is 345 g/mol. The molecule has 1 aliphatic carbocycles. The largest absolute Gasteiger partial charge is 0.591 e. The Bertz CT molecular complexity index is 513. The second-order valence-corrected chi connectivity index (χ2v) is 8.52. The molecule has 0 heterocycles. The van der Waals surface area contributed by atoms with E-state index in [2.05, 4.69) is 20.3 Å². The summed E-state index contributed by atoms with van der Waals surface area (Å²) in [6, 6.07) is 5.07. The van der Waals surface area contributed by atoms with Crippen LogP contribution in [-0.2, 0) is 11.4 Å². The minimum atomic E-state index is -1.27. The highest BCUT2D eigenvalue weighted by molar-refractivity contribution is 9.10. The minimum Gasteiger partial charge on any atom is -0.591 e. The Morgan fingerprint density at radius 1 is 1.42 bits per heavy atom. The van der Waals surface area contributed by atoms with Crippen molar-refractivity contribution in [1.82, 2.24) is 0 Å². The van der Waals surface area contributed by atoms with Gasteiger partial charge in [-0.05, 0) is 51.3 Å². The second kappa shape index (κ2) is 5.54. The molecule has 1 aromatic rings. The van der Waals surface area contributed by atoms with Gasteiger partial charge >= 0.3 is 0 Å². The van der Waals surface area contributed by atoms with Gasteiger partial charge in [0.15, 0.2) is 0 Å². The van der Waals surface area contributed by atoms with Crippen molar-refractivity contribution in [2.24, 2.45) is 4.40 Å². The Morgan fingerprint density at radius 3 is 2.58 bits per heavy atom. The fourth-order valence-corrected chi connectivity index (χ4v) is 2.93. The third-order valence-electron chi connectivity index (χ3n) is 3.15. The third-order valence-corrected chi connectivity index (χ3v) is 5.09. The van der Waals surface area contributed by atoms with E-state index in [4.69, 9.17) is 0 Å². The number of rotatable bonds is 2. The Balaban J connectivity index is 2.21. The molecule has 5 heteroatoms. The summed E-state index contributed by atoms with van der Waals surface area (Å²) in [5, 5.41) is 0. The SMILES string of the molecule is CC(C)(C)[S+]([O-])N=C1CCC1c1ccc(Br)cc1F. The highest BCUT2D eigenvalue weighted by Crippen LogP contribution is 2.37. The predicted octanol–water partition coefficient (Wildman–Crippen LogP) is 4.37. The topological polar surface area (TPSA) is 35.4 Å². The van der Waals surface area contributed by atoms with Crippen LogP contribution in [0.15, 0.2) is 27.1 Å². The maximum atomic E-state index is 13.9. The average molecular weight is 346 g/mol. The van der Waals surface area contributed by atoms with Crippen molar-refractivity contribution in [3.05, 3.63) is 34.1 Å². The molecule has 1 aliphatic rings. The van der Waals surface area contributed by atoms with E-state index in [1.165, 1.54) is 6.07 Å². The van der Waals surface area contributed by atoms with E-state index in [0.29, 0.717) is 5.56 Å². The zero-order chi connectivity index (χ0) is 14.2. The lowest BCUT2D eigenvalue weighted by atomic mass is 9.78. The van der Waals surface area contributed by atoms with Crippen molar-refractivity contribution >= 4 is 33.0 Å². The molecule has 2 unspecified atom stereocenters. The predicted molar refractivity (Wildman–Crippen MR) is 81.4 cm³/mol. The average Bonchev–Trinajstić information content (AvgIpc) is 2.26. The van der Waals surface area contributed by atoms with E-state index in [9.17, 15) is 8.94 Å². The van der Waals surface area contributed by atoms with Crippen LogP contribution in [0.1, 0.15) is 45.1 Å². The first kappa shape index (κ1) is 15.0. The van der Waals surface area contributed by atoms with Crippen LogP contribution < -0.4 is 0 Å². The molecule has 2 rings (SSSR count). The lowest BCUT2D eigenvalue weighted by Gasteiger charge is -2.29. The van der Waals surface area contributed by atoms with E-state index < -0.39 is 11.4 Å². The van der Waals surface area contributed by atoms with Gasteiger partial charge in [0.25, 0.3) is 0 Å². The fraction of sp³-hybridized carbons (Fsp3) is 0.500. The molecule has 0 bridgehead atoms. The van der Waals surface area contributed by atoms with Crippen molar-refractivity contribution in [2.45, 2.75) is 44.3 Å². The first-order valence-corrected chi connectivity index (χ1v) is 8.13. The normalized spacial score (nSPS) is 23.3. The molecule has 0 N–H and O–H groups in total. The molecule has 0 saturated heterocycles. The molecule has 0 amide bonds. The highest BCUT2D eigenvalue weighted by Gasteiger charge is 2.35. The molecule has 1 saturated carbocycles. The first-order valence-electron chi connectivity index (χ1n) is 6.23. The summed E-state index contributed by atoms with van der Waals surface area (Å²) < 4.78 is 30.6. The molecule has 0 radical (unpaired) electrons. The van der Waals surface area contributed by atoms with Crippen LogP contribution in [0.25, 0.3) is 0 Å². The molecule has 1 aromatic carbocycles. The van der Waals surface area contributed by atoms with Crippen LogP contribution in [0.4, 0.5) is 4.39 Å². The quantitative estimate of drug-likeness (QED) is 0.733. The maximum absolute atomic E-state index is 13.9. The van der Waals surface area contributed by atoms with E-state index in [1.54, 1.807) is 6.07 Å². The Morgan fingerprint density at radius 2 is 2.11 bits per heavy atom. The zero-order valence-corrected chi connectivity index (χ0v) is 13.6. The number of hydrogen-bond acceptors (Lipinski definition) is 2. The Kier molecular flexibility index (Phi) is 4.38. The number of halogens is 2. The van der Waals surface area contributed by atoms with Crippen LogP contribution in [0.3, 0.4) is 0 Å². The smallest absolute Gasteiger partial charge is 0.144 e. The molecule has 104 valence electrons. The van der Waals surface area contributed by atoms with Gasteiger partial charge in [-0.2, -0.15) is 0 Å². The van der Waals surface area contributed by atoms with Crippen LogP contribution >= 0.6 is 15.9 Å². The fourth-order valence-electron chi connectivity index (χ4n) is 1.89. The van der Waals surface area contributed by atoms with Crippen molar-refractivity contribution < 1.29 is 8.94 Å². The van der Waals surface area contributed by atoms with Gasteiger partial charge in [0.2, 0.25) is 0 Å². The molecular formula is C14H17BrFNOS. The van der Waals surface area contributed by atoms with Gasteiger partial charge in [0.05, 0.1) is 5.71 Å².